The van der Waals surface area contributed by atoms with Crippen LogP contribution in [0, 0.1) is 0 Å². The van der Waals surface area contributed by atoms with E-state index in [-0.39, 0.29) is 10.8 Å². The van der Waals surface area contributed by atoms with E-state index < -0.39 is 27.6 Å². The lowest BCUT2D eigenvalue weighted by atomic mass is 9.94. The normalized spacial score (nSPS) is 14.1. The molecule has 1 saturated carbocycles. The van der Waals surface area contributed by atoms with E-state index in [4.69, 9.17) is 14.6 Å². The Kier molecular flexibility index (Phi) is 9.74. The van der Waals surface area contributed by atoms with Crippen molar-refractivity contribution in [3.05, 3.63) is 54.1 Å². The molecule has 8 nitrogen and oxygen atoms in total. The second-order valence-corrected chi connectivity index (χ2v) is 9.76. The Bertz CT molecular complexity index is 1130. The number of rotatable bonds is 10. The summed E-state index contributed by atoms with van der Waals surface area (Å²) in [4.78, 5) is 21.6. The topological polar surface area (TPSA) is 122 Å². The fourth-order valence-corrected chi connectivity index (χ4v) is 4.33. The summed E-state index contributed by atoms with van der Waals surface area (Å²) in [5, 5.41) is 10.1. The number of amides is 1. The summed E-state index contributed by atoms with van der Waals surface area (Å²) in [5.74, 6) is -2.07. The van der Waals surface area contributed by atoms with Crippen LogP contribution in [0.4, 0.5) is 18.9 Å². The Morgan fingerprint density at radius 3 is 2.03 bits per heavy atom. The van der Waals surface area contributed by atoms with Gasteiger partial charge in [-0.25, -0.2) is 13.2 Å². The highest BCUT2D eigenvalue weighted by molar-refractivity contribution is 7.92. The van der Waals surface area contributed by atoms with Crippen LogP contribution in [-0.4, -0.2) is 44.7 Å². The molecule has 0 spiro atoms. The molecule has 0 atom stereocenters. The van der Waals surface area contributed by atoms with Crippen LogP contribution in [0.25, 0.3) is 0 Å². The van der Waals surface area contributed by atoms with Crippen molar-refractivity contribution in [3.63, 3.8) is 0 Å². The van der Waals surface area contributed by atoms with E-state index >= 15 is 0 Å². The van der Waals surface area contributed by atoms with Gasteiger partial charge in [0.1, 0.15) is 5.75 Å². The third-order valence-corrected chi connectivity index (χ3v) is 6.77. The number of ether oxygens (including phenoxy) is 1. The van der Waals surface area contributed by atoms with Crippen LogP contribution in [0.2, 0.25) is 0 Å². The number of carboxylic acid groups (broad SMARTS) is 1. The fourth-order valence-electron chi connectivity index (χ4n) is 3.27. The first kappa shape index (κ1) is 29.0. The first-order valence-corrected chi connectivity index (χ1v) is 12.8. The molecule has 3 rings (SSSR count). The lowest BCUT2D eigenvalue weighted by Crippen LogP contribution is -2.35. The van der Waals surface area contributed by atoms with Gasteiger partial charge in [0.2, 0.25) is 5.91 Å². The van der Waals surface area contributed by atoms with Crippen LogP contribution in [0.15, 0.2) is 53.4 Å². The van der Waals surface area contributed by atoms with E-state index in [0.29, 0.717) is 24.6 Å². The molecule has 2 aromatic rings. The zero-order valence-corrected chi connectivity index (χ0v) is 20.7. The second-order valence-electron chi connectivity index (χ2n) is 8.08. The Labute approximate surface area is 207 Å². The van der Waals surface area contributed by atoms with Gasteiger partial charge in [0.15, 0.2) is 0 Å². The van der Waals surface area contributed by atoms with Gasteiger partial charge >= 0.3 is 12.1 Å². The van der Waals surface area contributed by atoms with Crippen LogP contribution >= 0.6 is 0 Å². The number of nitrogens with one attached hydrogen (secondary N) is 2. The van der Waals surface area contributed by atoms with Crippen LogP contribution in [0.3, 0.4) is 0 Å². The minimum atomic E-state index is -5.08. The van der Waals surface area contributed by atoms with Crippen LogP contribution in [-0.2, 0) is 25.0 Å². The molecule has 3 N–H and O–H groups in total. The van der Waals surface area contributed by atoms with E-state index in [1.54, 1.807) is 24.3 Å². The van der Waals surface area contributed by atoms with Gasteiger partial charge in [-0.05, 0) is 68.1 Å². The average molecular weight is 531 g/mol. The van der Waals surface area contributed by atoms with Crippen molar-refractivity contribution in [2.75, 3.05) is 17.9 Å². The number of unbranched alkanes of at least 4 members (excludes halogenated alkanes) is 1. The fraction of sp³-hybridized carbons (Fsp3) is 0.417. The monoisotopic (exact) mass is 530 g/mol. The number of carbonyl (C=O) groups excluding carboxylic acids is 1. The molecule has 1 aliphatic rings. The highest BCUT2D eigenvalue weighted by atomic mass is 32.2. The van der Waals surface area contributed by atoms with Crippen molar-refractivity contribution in [3.8, 4) is 5.75 Å². The van der Waals surface area contributed by atoms with Gasteiger partial charge in [0.05, 0.1) is 16.9 Å². The van der Waals surface area contributed by atoms with Crippen molar-refractivity contribution >= 4 is 27.6 Å². The van der Waals surface area contributed by atoms with E-state index in [1.807, 2.05) is 19.1 Å². The van der Waals surface area contributed by atoms with E-state index in [2.05, 4.69) is 17.0 Å². The molecule has 12 heteroatoms. The van der Waals surface area contributed by atoms with Gasteiger partial charge in [0, 0.05) is 12.2 Å². The summed E-state index contributed by atoms with van der Waals surface area (Å²) >= 11 is 0. The minimum Gasteiger partial charge on any atom is -0.494 e. The van der Waals surface area contributed by atoms with Gasteiger partial charge < -0.3 is 15.2 Å². The predicted octanol–water partition coefficient (Wildman–Crippen LogP) is 4.47. The maximum Gasteiger partial charge on any atom is 0.490 e. The summed E-state index contributed by atoms with van der Waals surface area (Å²) in [6, 6.07) is 13.4. The van der Waals surface area contributed by atoms with E-state index in [1.165, 1.54) is 12.1 Å². The summed E-state index contributed by atoms with van der Waals surface area (Å²) in [6.07, 6.45) is -1.44. The third kappa shape index (κ3) is 7.87. The summed E-state index contributed by atoms with van der Waals surface area (Å²) < 4.78 is 64.9. The number of benzene rings is 2. The molecule has 1 aliphatic carbocycles. The van der Waals surface area contributed by atoms with Crippen molar-refractivity contribution in [1.82, 2.24) is 5.32 Å². The maximum atomic E-state index is 12.6. The second kappa shape index (κ2) is 12.1. The third-order valence-electron chi connectivity index (χ3n) is 5.38. The van der Waals surface area contributed by atoms with Gasteiger partial charge in [0.25, 0.3) is 10.0 Å². The Hall–Kier alpha value is -3.28. The first-order chi connectivity index (χ1) is 16.9. The van der Waals surface area contributed by atoms with Gasteiger partial charge in [-0.1, -0.05) is 25.5 Å². The molecular weight excluding hydrogens is 501 g/mol. The number of carboxylic acids is 1. The molecule has 0 aliphatic heterocycles. The zero-order chi connectivity index (χ0) is 27.0. The molecule has 0 radical (unpaired) electrons. The lowest BCUT2D eigenvalue weighted by molar-refractivity contribution is -0.192. The Morgan fingerprint density at radius 1 is 1.03 bits per heavy atom. The summed E-state index contributed by atoms with van der Waals surface area (Å²) in [5.41, 5.74) is 0.931. The lowest BCUT2D eigenvalue weighted by Gasteiger charge is -2.16. The van der Waals surface area contributed by atoms with Gasteiger partial charge in [-0.15, -0.1) is 0 Å². The Balaban J connectivity index is 0.000000572. The van der Waals surface area contributed by atoms with Crippen molar-refractivity contribution in [2.24, 2.45) is 0 Å². The highest BCUT2D eigenvalue weighted by Crippen LogP contribution is 2.48. The molecule has 1 amide bonds. The highest BCUT2D eigenvalue weighted by Gasteiger charge is 2.51. The molecule has 0 bridgehead atoms. The zero-order valence-electron chi connectivity index (χ0n) is 19.9. The summed E-state index contributed by atoms with van der Waals surface area (Å²) in [6.45, 7) is 5.18. The number of carbonyl (C=O) groups is 2. The SMILES string of the molecule is CCCCNC(=O)C1(c2ccc(NS(=O)(=O)c3ccc(OCC)cc3)cc2)CC1.O=C(O)C(F)(F)F. The molecular formula is C24H29F3N2O6S. The molecule has 0 heterocycles. The Morgan fingerprint density at radius 2 is 1.58 bits per heavy atom. The quantitative estimate of drug-likeness (QED) is 0.390. The largest absolute Gasteiger partial charge is 0.494 e. The number of alkyl halides is 3. The molecule has 0 unspecified atom stereocenters. The molecule has 0 aromatic heterocycles. The van der Waals surface area contributed by atoms with Crippen LogP contribution in [0.5, 0.6) is 5.75 Å². The predicted molar refractivity (Wildman–Crippen MR) is 127 cm³/mol. The molecule has 0 saturated heterocycles. The van der Waals surface area contributed by atoms with Crippen molar-refractivity contribution < 1.29 is 41.0 Å². The molecule has 2 aromatic carbocycles. The standard InChI is InChI=1S/C22H28N2O4S.C2HF3O2/c1-3-5-16-23-21(25)22(14-15-22)17-6-8-18(9-7-17)24-29(26,27)20-12-10-19(11-13-20)28-4-2;3-2(4,5)1(6)7/h6-13,24H,3-5,14-16H2,1-2H3,(H,23,25);(H,6,7). The van der Waals surface area contributed by atoms with Crippen molar-refractivity contribution in [1.29, 1.82) is 0 Å². The van der Waals surface area contributed by atoms with E-state index in [0.717, 1.165) is 31.2 Å². The molecule has 36 heavy (non-hydrogen) atoms. The molecule has 1 fully saturated rings. The van der Waals surface area contributed by atoms with E-state index in [9.17, 15) is 26.4 Å². The number of aliphatic carboxylic acids is 1. The van der Waals surface area contributed by atoms with Gasteiger partial charge in [-0.2, -0.15) is 13.2 Å². The van der Waals surface area contributed by atoms with Crippen LogP contribution < -0.4 is 14.8 Å². The number of halogens is 3. The first-order valence-electron chi connectivity index (χ1n) is 11.3. The maximum absolute atomic E-state index is 12.6. The number of hydrogen-bond acceptors (Lipinski definition) is 5. The smallest absolute Gasteiger partial charge is 0.490 e. The minimum absolute atomic E-state index is 0.0636. The van der Waals surface area contributed by atoms with Crippen molar-refractivity contribution in [2.45, 2.75) is 56.0 Å². The molecule has 198 valence electrons. The van der Waals surface area contributed by atoms with Gasteiger partial charge in [-0.3, -0.25) is 9.52 Å². The number of hydrogen-bond donors (Lipinski definition) is 3. The number of anilines is 1. The average Bonchev–Trinajstić information content (AvgIpc) is 3.62. The summed E-state index contributed by atoms with van der Waals surface area (Å²) in [7, 11) is -3.69. The van der Waals surface area contributed by atoms with Crippen LogP contribution in [0.1, 0.15) is 45.1 Å². The number of sulfonamides is 1.